The van der Waals surface area contributed by atoms with Crippen LogP contribution in [0.5, 0.6) is 0 Å². The number of likely N-dealkylation sites (N-methyl/N-ethyl adjacent to an activating group) is 3. The maximum absolute atomic E-state index is 14.3. The first kappa shape index (κ1) is 43.6. The van der Waals surface area contributed by atoms with Crippen LogP contribution >= 0.6 is 0 Å². The van der Waals surface area contributed by atoms with Gasteiger partial charge in [-0.2, -0.15) is 0 Å². The summed E-state index contributed by atoms with van der Waals surface area (Å²) in [6.07, 6.45) is 1.17. The number of Topliss-reactive ketones (excluding diaryl/α,β-unsaturated/α-hetero) is 1. The number of fused-ring (bicyclic) bond motifs is 1. The molecule has 4 aliphatic rings. The Kier molecular flexibility index (Phi) is 14.6. The summed E-state index contributed by atoms with van der Waals surface area (Å²) >= 11 is 0. The SMILES string of the molecule is CC[C@H]1OC(=O)C(C)C(=O)[C@H](C)[C@@H](O[C@@H]2O[C@H](CN(C)C(=O)CN(C)C3CC3)CC(N(C)C)[C@H]2O)[C@](C)(OC)C[C@@H](C)CC[C@H](C)[C@H]2CC(=O)O[C@@]21C. The molecular weight excluding hydrogens is 682 g/mol. The van der Waals surface area contributed by atoms with Gasteiger partial charge in [-0.3, -0.25) is 24.1 Å². The van der Waals surface area contributed by atoms with Gasteiger partial charge in [0, 0.05) is 44.6 Å². The van der Waals surface area contributed by atoms with Crippen LogP contribution in [0.4, 0.5) is 0 Å². The Labute approximate surface area is 317 Å². The average molecular weight is 752 g/mol. The van der Waals surface area contributed by atoms with Crippen LogP contribution in [0.15, 0.2) is 0 Å². The maximum atomic E-state index is 14.3. The number of ketones is 1. The normalized spacial score (nSPS) is 40.7. The summed E-state index contributed by atoms with van der Waals surface area (Å²) in [5, 5.41) is 11.7. The van der Waals surface area contributed by atoms with Crippen LogP contribution in [-0.4, -0.2) is 146 Å². The third-order valence-electron chi connectivity index (χ3n) is 12.9. The summed E-state index contributed by atoms with van der Waals surface area (Å²) in [7, 11) is 9.10. The van der Waals surface area contributed by atoms with Gasteiger partial charge in [0.05, 0.1) is 30.8 Å². The number of hydrogen-bond donors (Lipinski definition) is 1. The zero-order chi connectivity index (χ0) is 39.6. The molecule has 0 aromatic rings. The van der Waals surface area contributed by atoms with Crippen molar-refractivity contribution in [2.75, 3.05) is 48.4 Å². The number of aliphatic hydroxyl groups is 1. The molecule has 1 N–H and O–H groups in total. The van der Waals surface area contributed by atoms with Gasteiger partial charge in [-0.15, -0.1) is 0 Å². The largest absolute Gasteiger partial charge is 0.458 e. The molecule has 0 aromatic carbocycles. The molecule has 3 heterocycles. The molecule has 1 aliphatic carbocycles. The van der Waals surface area contributed by atoms with E-state index in [1.165, 1.54) is 6.92 Å². The van der Waals surface area contributed by atoms with Gasteiger partial charge in [0.15, 0.2) is 12.1 Å². The van der Waals surface area contributed by atoms with Crippen molar-refractivity contribution in [3.05, 3.63) is 0 Å². The van der Waals surface area contributed by atoms with E-state index in [1.54, 1.807) is 26.0 Å². The minimum absolute atomic E-state index is 0.00807. The van der Waals surface area contributed by atoms with E-state index in [9.17, 15) is 24.3 Å². The summed E-state index contributed by atoms with van der Waals surface area (Å²) in [5.41, 5.74) is -2.04. The third kappa shape index (κ3) is 9.99. The van der Waals surface area contributed by atoms with E-state index < -0.39 is 65.5 Å². The molecular formula is C40H69N3O10. The van der Waals surface area contributed by atoms with Crippen molar-refractivity contribution in [1.29, 1.82) is 0 Å². The molecule has 4 rings (SSSR count). The lowest BCUT2D eigenvalue weighted by Crippen LogP contribution is -2.60. The first-order valence-electron chi connectivity index (χ1n) is 19.9. The molecule has 4 fully saturated rings. The molecule has 3 saturated heterocycles. The van der Waals surface area contributed by atoms with Crippen LogP contribution in [0, 0.1) is 29.6 Å². The molecule has 2 unspecified atom stereocenters. The quantitative estimate of drug-likeness (QED) is 0.257. The highest BCUT2D eigenvalue weighted by atomic mass is 16.7. The number of carbonyl (C=O) groups is 4. The van der Waals surface area contributed by atoms with Crippen molar-refractivity contribution < 1.29 is 48.0 Å². The topological polar surface area (TPSA) is 144 Å². The standard InChI is InChI=1S/C40H69N3O10/c1-13-31-40(7)29(19-33(45)53-40)24(3)15-14-23(2)20-39(6,49-12)36(25(4)34(46)26(5)37(48)51-31)52-38-35(47)30(41(8)9)18-28(50-38)21-43(11)32(44)22-42(10)27-16-17-27/h23-31,35-36,38,47H,13-22H2,1-12H3/t23-,24-,25-,26?,28-,29+,30?,31+,35+,36+,38-,39+,40-/m0/s1. The summed E-state index contributed by atoms with van der Waals surface area (Å²) in [5.74, 6) is -3.36. The second-order valence-electron chi connectivity index (χ2n) is 17.5. The monoisotopic (exact) mass is 751 g/mol. The van der Waals surface area contributed by atoms with Gasteiger partial charge < -0.3 is 38.6 Å². The van der Waals surface area contributed by atoms with E-state index in [0.29, 0.717) is 38.4 Å². The molecule has 0 bridgehead atoms. The molecule has 1 saturated carbocycles. The van der Waals surface area contributed by atoms with E-state index in [2.05, 4.69) is 18.7 Å². The van der Waals surface area contributed by atoms with Crippen LogP contribution in [0.1, 0.15) is 99.8 Å². The molecule has 1 amide bonds. The van der Waals surface area contributed by atoms with Gasteiger partial charge in [0.1, 0.15) is 23.7 Å². The fourth-order valence-electron chi connectivity index (χ4n) is 9.16. The van der Waals surface area contributed by atoms with E-state index >= 15 is 0 Å². The van der Waals surface area contributed by atoms with E-state index in [0.717, 1.165) is 25.7 Å². The Morgan fingerprint density at radius 3 is 2.25 bits per heavy atom. The first-order valence-corrected chi connectivity index (χ1v) is 19.9. The molecule has 0 spiro atoms. The van der Waals surface area contributed by atoms with Crippen LogP contribution in [0.3, 0.4) is 0 Å². The molecule has 0 radical (unpaired) electrons. The van der Waals surface area contributed by atoms with Gasteiger partial charge in [-0.05, 0) is 85.9 Å². The lowest BCUT2D eigenvalue weighted by atomic mass is 9.73. The summed E-state index contributed by atoms with van der Waals surface area (Å²) < 4.78 is 31.5. The average Bonchev–Trinajstić information content (AvgIpc) is 3.91. The van der Waals surface area contributed by atoms with Crippen molar-refractivity contribution in [1.82, 2.24) is 14.7 Å². The number of ether oxygens (including phenoxy) is 5. The van der Waals surface area contributed by atoms with E-state index in [4.69, 9.17) is 23.7 Å². The zero-order valence-electron chi connectivity index (χ0n) is 34.5. The van der Waals surface area contributed by atoms with Crippen LogP contribution in [-0.2, 0) is 42.9 Å². The molecule has 13 nitrogen and oxygen atoms in total. The Bertz CT molecular complexity index is 1300. The molecule has 53 heavy (non-hydrogen) atoms. The highest BCUT2D eigenvalue weighted by molar-refractivity contribution is 6.00. The minimum Gasteiger partial charge on any atom is -0.458 e. The van der Waals surface area contributed by atoms with Gasteiger partial charge in [0.25, 0.3) is 0 Å². The van der Waals surface area contributed by atoms with Crippen LogP contribution in [0.2, 0.25) is 0 Å². The Morgan fingerprint density at radius 1 is 1.00 bits per heavy atom. The Balaban J connectivity index is 1.64. The number of cyclic esters (lactones) is 1. The van der Waals surface area contributed by atoms with Crippen molar-refractivity contribution >= 4 is 23.6 Å². The number of aliphatic hydroxyl groups excluding tert-OH is 1. The molecule has 0 aromatic heterocycles. The number of esters is 2. The predicted octanol–water partition coefficient (Wildman–Crippen LogP) is 3.68. The second kappa shape index (κ2) is 17.7. The number of carbonyl (C=O) groups excluding carboxylic acids is 4. The Morgan fingerprint density at radius 2 is 1.66 bits per heavy atom. The van der Waals surface area contributed by atoms with Crippen molar-refractivity contribution in [2.24, 2.45) is 29.6 Å². The first-order chi connectivity index (χ1) is 24.8. The third-order valence-corrected chi connectivity index (χ3v) is 12.9. The summed E-state index contributed by atoms with van der Waals surface area (Å²) in [4.78, 5) is 59.6. The number of rotatable bonds is 10. The molecule has 13 atom stereocenters. The van der Waals surface area contributed by atoms with Crippen LogP contribution < -0.4 is 0 Å². The lowest BCUT2D eigenvalue weighted by Gasteiger charge is -2.47. The van der Waals surface area contributed by atoms with Gasteiger partial charge in [-0.1, -0.05) is 40.5 Å². The van der Waals surface area contributed by atoms with Crippen molar-refractivity contribution in [3.8, 4) is 0 Å². The number of nitrogens with zero attached hydrogens (tertiary/aromatic N) is 3. The van der Waals surface area contributed by atoms with Crippen molar-refractivity contribution in [2.45, 2.75) is 154 Å². The van der Waals surface area contributed by atoms with Gasteiger partial charge >= 0.3 is 11.9 Å². The Hall–Kier alpha value is -2.16. The number of methoxy groups -OCH3 is 1. The summed E-state index contributed by atoms with van der Waals surface area (Å²) in [6, 6.07) is 0.105. The maximum Gasteiger partial charge on any atom is 0.316 e. The zero-order valence-corrected chi connectivity index (χ0v) is 34.5. The number of amides is 1. The number of hydrogen-bond acceptors (Lipinski definition) is 12. The molecule has 3 aliphatic heterocycles. The highest BCUT2D eigenvalue weighted by Gasteiger charge is 2.55. The van der Waals surface area contributed by atoms with E-state index in [-0.39, 0.29) is 42.1 Å². The summed E-state index contributed by atoms with van der Waals surface area (Å²) in [6.45, 7) is 13.8. The van der Waals surface area contributed by atoms with Crippen molar-refractivity contribution in [3.63, 3.8) is 0 Å². The molecule has 13 heteroatoms. The van der Waals surface area contributed by atoms with Crippen LogP contribution in [0.25, 0.3) is 0 Å². The smallest absolute Gasteiger partial charge is 0.316 e. The van der Waals surface area contributed by atoms with Gasteiger partial charge in [-0.25, -0.2) is 0 Å². The fourth-order valence-corrected chi connectivity index (χ4v) is 9.16. The van der Waals surface area contributed by atoms with E-state index in [1.807, 2.05) is 46.8 Å². The fraction of sp³-hybridized carbons (Fsp3) is 0.900. The predicted molar refractivity (Wildman–Crippen MR) is 199 cm³/mol. The highest BCUT2D eigenvalue weighted by Crippen LogP contribution is 2.45. The second-order valence-corrected chi connectivity index (χ2v) is 17.5. The van der Waals surface area contributed by atoms with Gasteiger partial charge in [0.2, 0.25) is 5.91 Å². The lowest BCUT2D eigenvalue weighted by molar-refractivity contribution is -0.298. The minimum atomic E-state index is -1.15. The molecule has 304 valence electrons.